The molecule has 0 fully saturated rings. The molecule has 1 N–H and O–H groups in total. The second-order valence-electron chi connectivity index (χ2n) is 6.43. The van der Waals surface area contributed by atoms with Crippen LogP contribution in [0.25, 0.3) is 44.3 Å². The predicted octanol–water partition coefficient (Wildman–Crippen LogP) is 3.88. The largest absolute Gasteiger partial charge is 0.346 e. The lowest BCUT2D eigenvalue weighted by Gasteiger charge is -2.06. The molecular formula is C20H16N6. The van der Waals surface area contributed by atoms with E-state index in [0.29, 0.717) is 0 Å². The standard InChI is InChI=1S/C20H16N6/c1-12-5-6-21-10-16(12)14-7-15-17(11-23-20(15)22-9-14)13-3-4-18-19(8-13)26(2)25-24-18/h3-11H,1-2H3,(H,22,23). The van der Waals surface area contributed by atoms with Gasteiger partial charge in [0.1, 0.15) is 11.2 Å². The first-order valence-electron chi connectivity index (χ1n) is 8.38. The number of rotatable bonds is 2. The Balaban J connectivity index is 1.71. The molecule has 0 aliphatic carbocycles. The van der Waals surface area contributed by atoms with E-state index >= 15 is 0 Å². The molecule has 6 nitrogen and oxygen atoms in total. The highest BCUT2D eigenvalue weighted by molar-refractivity contribution is 5.97. The Kier molecular flexibility index (Phi) is 3.12. The lowest BCUT2D eigenvalue weighted by Crippen LogP contribution is -1.89. The van der Waals surface area contributed by atoms with Gasteiger partial charge in [-0.2, -0.15) is 0 Å². The minimum Gasteiger partial charge on any atom is -0.346 e. The summed E-state index contributed by atoms with van der Waals surface area (Å²) in [6.07, 6.45) is 7.59. The van der Waals surface area contributed by atoms with E-state index in [2.05, 4.69) is 50.4 Å². The fourth-order valence-electron chi connectivity index (χ4n) is 3.35. The van der Waals surface area contributed by atoms with Crippen LogP contribution in [0, 0.1) is 6.92 Å². The van der Waals surface area contributed by atoms with Gasteiger partial charge in [-0.1, -0.05) is 11.3 Å². The van der Waals surface area contributed by atoms with E-state index in [1.807, 2.05) is 44.0 Å². The lowest BCUT2D eigenvalue weighted by atomic mass is 10.0. The van der Waals surface area contributed by atoms with Gasteiger partial charge in [0, 0.05) is 53.9 Å². The number of benzene rings is 1. The van der Waals surface area contributed by atoms with Crippen LogP contribution in [-0.2, 0) is 7.05 Å². The van der Waals surface area contributed by atoms with Crippen LogP contribution >= 0.6 is 0 Å². The fraction of sp³-hybridized carbons (Fsp3) is 0.100. The molecule has 5 aromatic rings. The summed E-state index contributed by atoms with van der Waals surface area (Å²) in [6.45, 7) is 2.09. The quantitative estimate of drug-likeness (QED) is 0.529. The van der Waals surface area contributed by atoms with Gasteiger partial charge in [-0.3, -0.25) is 4.98 Å². The highest BCUT2D eigenvalue weighted by atomic mass is 15.4. The summed E-state index contributed by atoms with van der Waals surface area (Å²) in [7, 11) is 1.90. The van der Waals surface area contributed by atoms with Crippen molar-refractivity contribution in [1.82, 2.24) is 29.9 Å². The Morgan fingerprint density at radius 1 is 1.00 bits per heavy atom. The molecule has 0 aliphatic rings. The minimum absolute atomic E-state index is 0.869. The van der Waals surface area contributed by atoms with Crippen LogP contribution in [0.5, 0.6) is 0 Å². The van der Waals surface area contributed by atoms with Crippen LogP contribution in [0.2, 0.25) is 0 Å². The summed E-state index contributed by atoms with van der Waals surface area (Å²) < 4.78 is 1.79. The van der Waals surface area contributed by atoms with Crippen LogP contribution in [0.3, 0.4) is 0 Å². The van der Waals surface area contributed by atoms with Crippen molar-refractivity contribution in [2.45, 2.75) is 6.92 Å². The summed E-state index contributed by atoms with van der Waals surface area (Å²) in [5, 5.41) is 9.32. The number of nitrogens with zero attached hydrogens (tertiary/aromatic N) is 5. The third kappa shape index (κ3) is 2.19. The molecule has 0 atom stereocenters. The lowest BCUT2D eigenvalue weighted by molar-refractivity contribution is 0.736. The first kappa shape index (κ1) is 14.8. The Morgan fingerprint density at radius 3 is 2.81 bits per heavy atom. The van der Waals surface area contributed by atoms with Crippen molar-refractivity contribution in [3.05, 3.63) is 60.7 Å². The number of fused-ring (bicyclic) bond motifs is 2. The molecule has 0 bridgehead atoms. The van der Waals surface area contributed by atoms with Crippen LogP contribution in [0.1, 0.15) is 5.56 Å². The van der Waals surface area contributed by atoms with Crippen molar-refractivity contribution >= 4 is 22.1 Å². The van der Waals surface area contributed by atoms with Crippen LogP contribution in [-0.4, -0.2) is 29.9 Å². The topological polar surface area (TPSA) is 72.3 Å². The SMILES string of the molecule is Cc1ccncc1-c1cnc2[nH]cc(-c3ccc4nnn(C)c4c3)c2c1. The number of aromatic nitrogens is 6. The maximum atomic E-state index is 4.60. The van der Waals surface area contributed by atoms with Gasteiger partial charge in [0.05, 0.1) is 5.52 Å². The molecule has 0 aliphatic heterocycles. The summed E-state index contributed by atoms with van der Waals surface area (Å²) in [5.41, 5.74) is 8.32. The zero-order valence-electron chi connectivity index (χ0n) is 14.4. The molecule has 0 radical (unpaired) electrons. The van der Waals surface area contributed by atoms with Crippen LogP contribution < -0.4 is 0 Å². The monoisotopic (exact) mass is 340 g/mol. The molecule has 0 saturated heterocycles. The Hall–Kier alpha value is -3.54. The van der Waals surface area contributed by atoms with Gasteiger partial charge in [-0.25, -0.2) is 9.67 Å². The molecule has 4 heterocycles. The summed E-state index contributed by atoms with van der Waals surface area (Å²) in [5.74, 6) is 0. The number of H-pyrrole nitrogens is 1. The first-order valence-corrected chi connectivity index (χ1v) is 8.38. The molecule has 6 heteroatoms. The smallest absolute Gasteiger partial charge is 0.137 e. The van der Waals surface area contributed by atoms with Gasteiger partial charge in [0.15, 0.2) is 0 Å². The first-order chi connectivity index (χ1) is 12.7. The van der Waals surface area contributed by atoms with Crippen molar-refractivity contribution in [2.24, 2.45) is 7.05 Å². The number of pyridine rings is 2. The Morgan fingerprint density at radius 2 is 1.92 bits per heavy atom. The highest BCUT2D eigenvalue weighted by Crippen LogP contribution is 2.32. The number of aromatic amines is 1. The number of aryl methyl sites for hydroxylation is 2. The van der Waals surface area contributed by atoms with Gasteiger partial charge >= 0.3 is 0 Å². The predicted molar refractivity (Wildman–Crippen MR) is 102 cm³/mol. The summed E-state index contributed by atoms with van der Waals surface area (Å²) in [6, 6.07) is 10.4. The summed E-state index contributed by atoms with van der Waals surface area (Å²) in [4.78, 5) is 12.1. The van der Waals surface area contributed by atoms with E-state index in [4.69, 9.17) is 0 Å². The van der Waals surface area contributed by atoms with Crippen molar-refractivity contribution in [1.29, 1.82) is 0 Å². The van der Waals surface area contributed by atoms with Gasteiger partial charge in [0.25, 0.3) is 0 Å². The number of nitrogens with one attached hydrogen (secondary N) is 1. The van der Waals surface area contributed by atoms with Crippen LogP contribution in [0.4, 0.5) is 0 Å². The van der Waals surface area contributed by atoms with E-state index < -0.39 is 0 Å². The highest BCUT2D eigenvalue weighted by Gasteiger charge is 2.12. The van der Waals surface area contributed by atoms with Crippen molar-refractivity contribution < 1.29 is 0 Å². The molecule has 1 aromatic carbocycles. The maximum Gasteiger partial charge on any atom is 0.137 e. The molecule has 4 aromatic heterocycles. The molecule has 0 unspecified atom stereocenters. The minimum atomic E-state index is 0.869. The van der Waals surface area contributed by atoms with Crippen LogP contribution in [0.15, 0.2) is 55.1 Å². The van der Waals surface area contributed by atoms with E-state index in [1.54, 1.807) is 4.68 Å². The number of hydrogen-bond donors (Lipinski definition) is 1. The van der Waals surface area contributed by atoms with E-state index in [1.165, 1.54) is 5.56 Å². The summed E-state index contributed by atoms with van der Waals surface area (Å²) >= 11 is 0. The normalized spacial score (nSPS) is 11.5. The van der Waals surface area contributed by atoms with Crippen molar-refractivity contribution in [2.75, 3.05) is 0 Å². The molecule has 0 spiro atoms. The van der Waals surface area contributed by atoms with Crippen molar-refractivity contribution in [3.63, 3.8) is 0 Å². The second-order valence-corrected chi connectivity index (χ2v) is 6.43. The van der Waals surface area contributed by atoms with Gasteiger partial charge in [0.2, 0.25) is 0 Å². The van der Waals surface area contributed by atoms with Crippen molar-refractivity contribution in [3.8, 4) is 22.3 Å². The average molecular weight is 340 g/mol. The maximum absolute atomic E-state index is 4.60. The number of hydrogen-bond acceptors (Lipinski definition) is 4. The van der Waals surface area contributed by atoms with E-state index in [9.17, 15) is 0 Å². The Labute approximate surface area is 149 Å². The van der Waals surface area contributed by atoms with Gasteiger partial charge in [-0.05, 0) is 42.3 Å². The zero-order valence-corrected chi connectivity index (χ0v) is 14.4. The third-order valence-electron chi connectivity index (χ3n) is 4.80. The Bertz CT molecular complexity index is 1260. The molecule has 126 valence electrons. The molecule has 0 saturated carbocycles. The zero-order chi connectivity index (χ0) is 17.7. The van der Waals surface area contributed by atoms with E-state index in [0.717, 1.165) is 44.3 Å². The second kappa shape index (κ2) is 5.49. The van der Waals surface area contributed by atoms with E-state index in [-0.39, 0.29) is 0 Å². The third-order valence-corrected chi connectivity index (χ3v) is 4.80. The van der Waals surface area contributed by atoms with Gasteiger partial charge < -0.3 is 4.98 Å². The molecule has 26 heavy (non-hydrogen) atoms. The fourth-order valence-corrected chi connectivity index (χ4v) is 3.35. The molecular weight excluding hydrogens is 324 g/mol. The molecule has 0 amide bonds. The molecule has 5 rings (SSSR count). The van der Waals surface area contributed by atoms with Gasteiger partial charge in [-0.15, -0.1) is 5.10 Å². The average Bonchev–Trinajstić information content (AvgIpc) is 3.25.